The first-order valence-electron chi connectivity index (χ1n) is 7.52. The second-order valence-electron chi connectivity index (χ2n) is 5.83. The van der Waals surface area contributed by atoms with E-state index in [4.69, 9.17) is 0 Å². The highest BCUT2D eigenvalue weighted by molar-refractivity contribution is 5.76. The van der Waals surface area contributed by atoms with Crippen LogP contribution in [-0.4, -0.2) is 49.6 Å². The van der Waals surface area contributed by atoms with Crippen LogP contribution in [0.5, 0.6) is 0 Å². The first-order chi connectivity index (χ1) is 10.4. The highest BCUT2D eigenvalue weighted by Gasteiger charge is 2.26. The number of piperidine rings is 1. The van der Waals surface area contributed by atoms with E-state index in [0.29, 0.717) is 25.5 Å². The number of likely N-dealkylation sites (tertiary alicyclic amines) is 1. The van der Waals surface area contributed by atoms with Crippen molar-refractivity contribution in [3.05, 3.63) is 22.1 Å². The van der Waals surface area contributed by atoms with Gasteiger partial charge in [-0.2, -0.15) is 0 Å². The molecule has 122 valence electrons. The summed E-state index contributed by atoms with van der Waals surface area (Å²) in [6, 6.07) is 0. The van der Waals surface area contributed by atoms with Crippen LogP contribution in [0.2, 0.25) is 0 Å². The number of nitro groups is 1. The zero-order valence-corrected chi connectivity index (χ0v) is 12.9. The zero-order valence-electron chi connectivity index (χ0n) is 12.9. The number of hydrogen-bond acceptors (Lipinski definition) is 5. The minimum absolute atomic E-state index is 0.0149. The van der Waals surface area contributed by atoms with Crippen LogP contribution in [-0.2, 0) is 11.3 Å². The van der Waals surface area contributed by atoms with E-state index in [9.17, 15) is 20.0 Å². The molecule has 22 heavy (non-hydrogen) atoms. The molecule has 0 spiro atoms. The number of aliphatic hydroxyl groups is 1. The lowest BCUT2D eigenvalue weighted by Crippen LogP contribution is -2.43. The van der Waals surface area contributed by atoms with Crippen LogP contribution in [0.15, 0.2) is 6.20 Å². The number of carbonyl (C=O) groups is 1. The molecule has 2 rings (SSSR count). The number of amides is 1. The van der Waals surface area contributed by atoms with E-state index >= 15 is 0 Å². The quantitative estimate of drug-likeness (QED) is 0.648. The second-order valence-corrected chi connectivity index (χ2v) is 5.83. The zero-order chi connectivity index (χ0) is 16.3. The molecule has 0 bridgehead atoms. The van der Waals surface area contributed by atoms with Crippen molar-refractivity contribution < 1.29 is 14.8 Å². The molecule has 1 aromatic rings. The van der Waals surface area contributed by atoms with Gasteiger partial charge in [-0.05, 0) is 29.7 Å². The molecule has 0 saturated carbocycles. The van der Waals surface area contributed by atoms with Crippen LogP contribution in [0, 0.1) is 23.0 Å². The largest absolute Gasteiger partial charge is 0.393 e. The lowest BCUT2D eigenvalue weighted by Gasteiger charge is -2.34. The SMILES string of the molecule is Cc1nc([N+](=O)[O-])cn1CCC(=O)N1CCCC(C(C)O)C1. The molecule has 8 heteroatoms. The maximum atomic E-state index is 12.3. The fourth-order valence-electron chi connectivity index (χ4n) is 2.81. The van der Waals surface area contributed by atoms with E-state index in [1.54, 1.807) is 23.3 Å². The molecular formula is C14H22N4O4. The Morgan fingerprint density at radius 3 is 2.95 bits per heavy atom. The summed E-state index contributed by atoms with van der Waals surface area (Å²) in [7, 11) is 0. The van der Waals surface area contributed by atoms with Gasteiger partial charge in [0.25, 0.3) is 0 Å². The standard InChI is InChI=1S/C14H22N4O4/c1-10(19)12-4-3-6-17(8-12)14(20)5-7-16-9-13(18(21)22)15-11(16)2/h9-10,12,19H,3-8H2,1-2H3. The summed E-state index contributed by atoms with van der Waals surface area (Å²) >= 11 is 0. The van der Waals surface area contributed by atoms with Gasteiger partial charge in [-0.3, -0.25) is 4.79 Å². The first-order valence-corrected chi connectivity index (χ1v) is 7.52. The number of aryl methyl sites for hydroxylation is 2. The van der Waals surface area contributed by atoms with Crippen LogP contribution in [0.1, 0.15) is 32.0 Å². The Labute approximate surface area is 128 Å². The van der Waals surface area contributed by atoms with Crippen molar-refractivity contribution >= 4 is 11.7 Å². The minimum atomic E-state index is -0.539. The van der Waals surface area contributed by atoms with Crippen LogP contribution in [0.4, 0.5) is 5.82 Å². The summed E-state index contributed by atoms with van der Waals surface area (Å²) in [5, 5.41) is 20.3. The van der Waals surface area contributed by atoms with Gasteiger partial charge in [0.15, 0.2) is 0 Å². The summed E-state index contributed by atoms with van der Waals surface area (Å²) in [5.41, 5.74) is 0. The Kier molecular flexibility index (Phi) is 5.12. The predicted octanol–water partition coefficient (Wildman–Crippen LogP) is 1.11. The monoisotopic (exact) mass is 310 g/mol. The lowest BCUT2D eigenvalue weighted by molar-refractivity contribution is -0.389. The molecule has 2 heterocycles. The van der Waals surface area contributed by atoms with E-state index in [1.807, 2.05) is 0 Å². The molecule has 1 aromatic heterocycles. The maximum Gasteiger partial charge on any atom is 0.381 e. The van der Waals surface area contributed by atoms with Gasteiger partial charge in [0.2, 0.25) is 11.7 Å². The van der Waals surface area contributed by atoms with E-state index in [1.165, 1.54) is 6.20 Å². The molecule has 0 radical (unpaired) electrons. The van der Waals surface area contributed by atoms with Crippen molar-refractivity contribution in [1.82, 2.24) is 14.5 Å². The normalized spacial score (nSPS) is 20.0. The molecule has 8 nitrogen and oxygen atoms in total. The molecule has 1 amide bonds. The molecule has 1 N–H and O–H groups in total. The molecule has 0 aromatic carbocycles. The van der Waals surface area contributed by atoms with Crippen LogP contribution in [0.25, 0.3) is 0 Å². The van der Waals surface area contributed by atoms with Crippen LogP contribution >= 0.6 is 0 Å². The highest BCUT2D eigenvalue weighted by atomic mass is 16.6. The molecule has 1 fully saturated rings. The second kappa shape index (κ2) is 6.87. The first kappa shape index (κ1) is 16.4. The highest BCUT2D eigenvalue weighted by Crippen LogP contribution is 2.20. The van der Waals surface area contributed by atoms with Crippen molar-refractivity contribution in [2.75, 3.05) is 13.1 Å². The molecular weight excluding hydrogens is 288 g/mol. The number of aliphatic hydroxyl groups excluding tert-OH is 1. The van der Waals surface area contributed by atoms with Crippen molar-refractivity contribution in [1.29, 1.82) is 0 Å². The topological polar surface area (TPSA) is 102 Å². The number of rotatable bonds is 5. The summed E-state index contributed by atoms with van der Waals surface area (Å²) in [6.45, 7) is 5.11. The van der Waals surface area contributed by atoms with Gasteiger partial charge >= 0.3 is 5.82 Å². The molecule has 1 aliphatic rings. The average molecular weight is 310 g/mol. The summed E-state index contributed by atoms with van der Waals surface area (Å²) in [4.78, 5) is 28.0. The summed E-state index contributed by atoms with van der Waals surface area (Å²) in [5.74, 6) is 0.479. The van der Waals surface area contributed by atoms with Gasteiger partial charge in [0.05, 0.1) is 6.10 Å². The number of hydrogen-bond donors (Lipinski definition) is 1. The Bertz CT molecular complexity index is 555. The number of aromatic nitrogens is 2. The maximum absolute atomic E-state index is 12.3. The van der Waals surface area contributed by atoms with E-state index < -0.39 is 11.0 Å². The predicted molar refractivity (Wildman–Crippen MR) is 79.2 cm³/mol. The van der Waals surface area contributed by atoms with Crippen molar-refractivity contribution in [2.45, 2.75) is 45.8 Å². The van der Waals surface area contributed by atoms with Crippen LogP contribution in [0.3, 0.4) is 0 Å². The third kappa shape index (κ3) is 3.82. The van der Waals surface area contributed by atoms with Crippen molar-refractivity contribution in [2.24, 2.45) is 5.92 Å². The Hall–Kier alpha value is -1.96. The Balaban J connectivity index is 1.91. The van der Waals surface area contributed by atoms with Gasteiger partial charge in [0.1, 0.15) is 6.20 Å². The minimum Gasteiger partial charge on any atom is -0.393 e. The van der Waals surface area contributed by atoms with Gasteiger partial charge in [-0.25, -0.2) is 0 Å². The molecule has 1 aliphatic heterocycles. The van der Waals surface area contributed by atoms with Crippen LogP contribution < -0.4 is 0 Å². The smallest absolute Gasteiger partial charge is 0.381 e. The van der Waals surface area contributed by atoms with E-state index in [2.05, 4.69) is 4.98 Å². The molecule has 2 atom stereocenters. The van der Waals surface area contributed by atoms with Gasteiger partial charge in [-0.15, -0.1) is 0 Å². The molecule has 2 unspecified atom stereocenters. The average Bonchev–Trinajstić information content (AvgIpc) is 2.86. The van der Waals surface area contributed by atoms with Crippen molar-refractivity contribution in [3.8, 4) is 0 Å². The third-order valence-electron chi connectivity index (χ3n) is 4.21. The van der Waals surface area contributed by atoms with Gasteiger partial charge < -0.3 is 24.7 Å². The van der Waals surface area contributed by atoms with Crippen molar-refractivity contribution in [3.63, 3.8) is 0 Å². The van der Waals surface area contributed by atoms with E-state index in [-0.39, 0.29) is 24.1 Å². The lowest BCUT2D eigenvalue weighted by atomic mass is 9.93. The summed E-state index contributed by atoms with van der Waals surface area (Å²) in [6.07, 6.45) is 3.07. The molecule has 0 aliphatic carbocycles. The fourth-order valence-corrected chi connectivity index (χ4v) is 2.81. The number of nitrogens with zero attached hydrogens (tertiary/aromatic N) is 4. The number of imidazole rings is 1. The van der Waals surface area contributed by atoms with Gasteiger partial charge in [-0.1, -0.05) is 0 Å². The Morgan fingerprint density at radius 2 is 2.36 bits per heavy atom. The van der Waals surface area contributed by atoms with E-state index in [0.717, 1.165) is 12.8 Å². The third-order valence-corrected chi connectivity index (χ3v) is 4.21. The Morgan fingerprint density at radius 1 is 1.64 bits per heavy atom. The molecule has 1 saturated heterocycles. The summed E-state index contributed by atoms with van der Waals surface area (Å²) < 4.78 is 1.63. The van der Waals surface area contributed by atoms with Gasteiger partial charge in [0, 0.05) is 38.9 Å². The fraction of sp³-hybridized carbons (Fsp3) is 0.714. The number of carbonyl (C=O) groups excluding carboxylic acids is 1.